The summed E-state index contributed by atoms with van der Waals surface area (Å²) < 4.78 is 7.58. The number of hydrazone groups is 1. The fraction of sp³-hybridized carbons (Fsp3) is 0.333. The molecule has 2 aromatic rings. The van der Waals surface area contributed by atoms with Crippen LogP contribution in [0.15, 0.2) is 47.8 Å². The second-order valence-corrected chi connectivity index (χ2v) is 6.30. The minimum Gasteiger partial charge on any atom is -0.484 e. The van der Waals surface area contributed by atoms with Crippen LogP contribution < -0.4 is 10.2 Å². The molecule has 3 rings (SSSR count). The molecule has 1 fully saturated rings. The Labute approximate surface area is 146 Å². The van der Waals surface area contributed by atoms with Crippen molar-refractivity contribution in [1.29, 1.82) is 0 Å². The van der Waals surface area contributed by atoms with Gasteiger partial charge in [0.1, 0.15) is 5.75 Å². The molecule has 0 radical (unpaired) electrons. The Morgan fingerprint density at radius 1 is 1.29 bits per heavy atom. The SMILES string of the molecule is O=C(COc1ccc(Cl)cc1)N/N=C\c1ccn(C2CCCC2)c1. The van der Waals surface area contributed by atoms with Crippen LogP contribution in [-0.4, -0.2) is 23.3 Å². The Bertz CT molecular complexity index is 703. The average molecular weight is 346 g/mol. The van der Waals surface area contributed by atoms with Crippen LogP contribution in [0.1, 0.15) is 37.3 Å². The second-order valence-electron chi connectivity index (χ2n) is 5.87. The van der Waals surface area contributed by atoms with E-state index in [0.717, 1.165) is 5.56 Å². The summed E-state index contributed by atoms with van der Waals surface area (Å²) in [4.78, 5) is 11.7. The molecule has 0 atom stereocenters. The zero-order valence-electron chi connectivity index (χ0n) is 13.3. The van der Waals surface area contributed by atoms with Crippen molar-refractivity contribution in [2.45, 2.75) is 31.7 Å². The van der Waals surface area contributed by atoms with E-state index in [2.05, 4.69) is 27.5 Å². The molecule has 0 spiro atoms. The number of ether oxygens (including phenoxy) is 1. The lowest BCUT2D eigenvalue weighted by molar-refractivity contribution is -0.123. The van der Waals surface area contributed by atoms with Crippen LogP contribution in [0.3, 0.4) is 0 Å². The van der Waals surface area contributed by atoms with Gasteiger partial charge in [-0.05, 0) is 43.2 Å². The fourth-order valence-corrected chi connectivity index (χ4v) is 2.95. The number of amides is 1. The third-order valence-corrected chi connectivity index (χ3v) is 4.32. The lowest BCUT2D eigenvalue weighted by Gasteiger charge is -2.10. The van der Waals surface area contributed by atoms with Crippen molar-refractivity contribution >= 4 is 23.7 Å². The maximum Gasteiger partial charge on any atom is 0.277 e. The third-order valence-electron chi connectivity index (χ3n) is 4.07. The molecular weight excluding hydrogens is 326 g/mol. The van der Waals surface area contributed by atoms with Crippen LogP contribution in [0.5, 0.6) is 5.75 Å². The van der Waals surface area contributed by atoms with E-state index in [1.54, 1.807) is 30.5 Å². The standard InChI is InChI=1S/C18H20ClN3O2/c19-15-5-7-17(8-6-15)24-13-18(23)21-20-11-14-9-10-22(12-14)16-3-1-2-4-16/h5-12,16H,1-4,13H2,(H,21,23)/b20-11-. The van der Waals surface area contributed by atoms with Crippen molar-refractivity contribution in [3.63, 3.8) is 0 Å². The number of hydrogen-bond donors (Lipinski definition) is 1. The molecule has 1 heterocycles. The van der Waals surface area contributed by atoms with E-state index in [4.69, 9.17) is 16.3 Å². The summed E-state index contributed by atoms with van der Waals surface area (Å²) in [5.74, 6) is 0.281. The van der Waals surface area contributed by atoms with Crippen LogP contribution in [0.4, 0.5) is 0 Å². The van der Waals surface area contributed by atoms with Crippen molar-refractivity contribution in [3.8, 4) is 5.75 Å². The molecule has 1 aliphatic carbocycles. The van der Waals surface area contributed by atoms with Crippen molar-refractivity contribution in [2.75, 3.05) is 6.61 Å². The zero-order chi connectivity index (χ0) is 16.8. The largest absolute Gasteiger partial charge is 0.484 e. The van der Waals surface area contributed by atoms with Gasteiger partial charge in [0.25, 0.3) is 5.91 Å². The Morgan fingerprint density at radius 2 is 2.04 bits per heavy atom. The molecule has 5 nitrogen and oxygen atoms in total. The smallest absolute Gasteiger partial charge is 0.277 e. The first-order chi connectivity index (χ1) is 11.7. The number of nitrogens with zero attached hydrogens (tertiary/aromatic N) is 2. The minimum absolute atomic E-state index is 0.0952. The first kappa shape index (κ1) is 16.6. The molecule has 0 unspecified atom stereocenters. The number of aromatic nitrogens is 1. The minimum atomic E-state index is -0.309. The number of halogens is 1. The van der Waals surface area contributed by atoms with E-state index in [9.17, 15) is 4.79 Å². The lowest BCUT2D eigenvalue weighted by atomic mass is 10.2. The highest BCUT2D eigenvalue weighted by atomic mass is 35.5. The molecule has 126 valence electrons. The van der Waals surface area contributed by atoms with Gasteiger partial charge < -0.3 is 9.30 Å². The number of rotatable bonds is 6. The van der Waals surface area contributed by atoms with Crippen LogP contribution in [0.25, 0.3) is 0 Å². The zero-order valence-corrected chi connectivity index (χ0v) is 14.1. The summed E-state index contributed by atoms with van der Waals surface area (Å²) in [7, 11) is 0. The number of nitrogens with one attached hydrogen (secondary N) is 1. The van der Waals surface area contributed by atoms with Gasteiger partial charge in [0.2, 0.25) is 0 Å². The third kappa shape index (κ3) is 4.61. The predicted molar refractivity (Wildman–Crippen MR) is 94.6 cm³/mol. The molecule has 0 saturated heterocycles. The van der Waals surface area contributed by atoms with Crippen molar-refractivity contribution in [2.24, 2.45) is 5.10 Å². The Balaban J connectivity index is 1.43. The van der Waals surface area contributed by atoms with Crippen LogP contribution in [0.2, 0.25) is 5.02 Å². The molecule has 1 aromatic heterocycles. The van der Waals surface area contributed by atoms with Crippen LogP contribution >= 0.6 is 11.6 Å². The quantitative estimate of drug-likeness (QED) is 0.639. The molecule has 1 amide bonds. The van der Waals surface area contributed by atoms with Gasteiger partial charge in [0.15, 0.2) is 6.61 Å². The second kappa shape index (κ2) is 8.02. The van der Waals surface area contributed by atoms with E-state index in [0.29, 0.717) is 16.8 Å². The van der Waals surface area contributed by atoms with Gasteiger partial charge >= 0.3 is 0 Å². The molecule has 24 heavy (non-hydrogen) atoms. The molecule has 0 bridgehead atoms. The van der Waals surface area contributed by atoms with E-state index >= 15 is 0 Å². The summed E-state index contributed by atoms with van der Waals surface area (Å²) in [6.45, 7) is -0.0952. The summed E-state index contributed by atoms with van der Waals surface area (Å²) in [6.07, 6.45) is 10.9. The van der Waals surface area contributed by atoms with Gasteiger partial charge in [-0.1, -0.05) is 24.4 Å². The summed E-state index contributed by atoms with van der Waals surface area (Å²) >= 11 is 5.79. The number of carbonyl (C=O) groups is 1. The monoisotopic (exact) mass is 345 g/mol. The highest BCUT2D eigenvalue weighted by molar-refractivity contribution is 6.30. The molecule has 1 saturated carbocycles. The highest BCUT2D eigenvalue weighted by Gasteiger charge is 2.15. The molecule has 1 aromatic carbocycles. The highest BCUT2D eigenvalue weighted by Crippen LogP contribution is 2.29. The molecule has 6 heteroatoms. The topological polar surface area (TPSA) is 55.6 Å². The maximum atomic E-state index is 11.7. The van der Waals surface area contributed by atoms with Gasteiger partial charge in [-0.2, -0.15) is 5.10 Å². The van der Waals surface area contributed by atoms with Gasteiger partial charge in [-0.15, -0.1) is 0 Å². The molecular formula is C18H20ClN3O2. The predicted octanol–water partition coefficient (Wildman–Crippen LogP) is 3.79. The van der Waals surface area contributed by atoms with Gasteiger partial charge in [0.05, 0.1) is 6.21 Å². The average Bonchev–Trinajstić information content (AvgIpc) is 3.25. The summed E-state index contributed by atoms with van der Waals surface area (Å²) in [5, 5.41) is 4.59. The van der Waals surface area contributed by atoms with Gasteiger partial charge in [-0.3, -0.25) is 4.79 Å². The summed E-state index contributed by atoms with van der Waals surface area (Å²) in [6, 6.07) is 9.45. The fourth-order valence-electron chi connectivity index (χ4n) is 2.83. The van der Waals surface area contributed by atoms with Crippen LogP contribution in [-0.2, 0) is 4.79 Å². The van der Waals surface area contributed by atoms with Gasteiger partial charge in [-0.25, -0.2) is 5.43 Å². The van der Waals surface area contributed by atoms with Gasteiger partial charge in [0, 0.05) is 29.0 Å². The van der Waals surface area contributed by atoms with Crippen molar-refractivity contribution in [1.82, 2.24) is 9.99 Å². The number of benzene rings is 1. The Hall–Kier alpha value is -2.27. The Kier molecular flexibility index (Phi) is 5.54. The Morgan fingerprint density at radius 3 is 2.79 bits per heavy atom. The molecule has 1 aliphatic rings. The van der Waals surface area contributed by atoms with E-state index in [-0.39, 0.29) is 12.5 Å². The first-order valence-electron chi connectivity index (χ1n) is 8.08. The van der Waals surface area contributed by atoms with Crippen molar-refractivity contribution < 1.29 is 9.53 Å². The lowest BCUT2D eigenvalue weighted by Crippen LogP contribution is -2.24. The van der Waals surface area contributed by atoms with Crippen molar-refractivity contribution in [3.05, 3.63) is 53.3 Å². The summed E-state index contributed by atoms with van der Waals surface area (Å²) in [5.41, 5.74) is 3.43. The van der Waals surface area contributed by atoms with E-state index in [1.165, 1.54) is 25.7 Å². The first-order valence-corrected chi connectivity index (χ1v) is 8.46. The normalized spacial score (nSPS) is 15.0. The molecule has 0 aliphatic heterocycles. The number of carbonyl (C=O) groups excluding carboxylic acids is 1. The number of hydrogen-bond acceptors (Lipinski definition) is 3. The molecule has 1 N–H and O–H groups in total. The van der Waals surface area contributed by atoms with E-state index in [1.807, 2.05) is 6.07 Å². The van der Waals surface area contributed by atoms with E-state index < -0.39 is 0 Å². The maximum absolute atomic E-state index is 11.7. The van der Waals surface area contributed by atoms with Crippen LogP contribution in [0, 0.1) is 0 Å².